The third-order valence-electron chi connectivity index (χ3n) is 3.82. The van der Waals surface area contributed by atoms with Crippen molar-refractivity contribution in [2.45, 2.75) is 25.7 Å². The molecule has 146 valence electrons. The van der Waals surface area contributed by atoms with Crippen LogP contribution in [0.15, 0.2) is 46.0 Å². The molecule has 27 heavy (non-hydrogen) atoms. The van der Waals surface area contributed by atoms with E-state index in [9.17, 15) is 13.2 Å². The molecule has 0 saturated heterocycles. The van der Waals surface area contributed by atoms with Crippen LogP contribution in [-0.2, 0) is 14.8 Å². The second-order valence-electron chi connectivity index (χ2n) is 5.56. The minimum absolute atomic E-state index is 0.117. The number of nitrogens with one attached hydrogen (secondary N) is 1. The van der Waals surface area contributed by atoms with E-state index in [1.54, 1.807) is 37.3 Å². The summed E-state index contributed by atoms with van der Waals surface area (Å²) >= 11 is 1.54. The maximum atomic E-state index is 12.7. The first-order chi connectivity index (χ1) is 12.9. The van der Waals surface area contributed by atoms with Gasteiger partial charge in [-0.1, -0.05) is 13.8 Å². The van der Waals surface area contributed by atoms with E-state index in [0.717, 1.165) is 5.56 Å². The van der Waals surface area contributed by atoms with Gasteiger partial charge in [-0.2, -0.15) is 15.6 Å². The molecule has 0 radical (unpaired) electrons. The zero-order chi connectivity index (χ0) is 19.9. The molecule has 1 amide bonds. The summed E-state index contributed by atoms with van der Waals surface area (Å²) in [6.07, 6.45) is 3.10. The zero-order valence-electron chi connectivity index (χ0n) is 15.6. The summed E-state index contributed by atoms with van der Waals surface area (Å²) in [5.74, 6) is 0.0628. The summed E-state index contributed by atoms with van der Waals surface area (Å²) in [4.78, 5) is 12.4. The standard InChI is InChI=1S/C19H24N2O4S2/c1-4-21(5-2)27(23,24)16-8-9-18(25-6-3)17(13-16)20-19(22)10-7-15-11-12-26-14-15/h7-14H,4-6H2,1-3H3,(H,20,22)/b10-7+. The second-order valence-corrected chi connectivity index (χ2v) is 8.28. The lowest BCUT2D eigenvalue weighted by Gasteiger charge is -2.19. The van der Waals surface area contributed by atoms with Crippen LogP contribution in [0, 0.1) is 0 Å². The number of benzene rings is 1. The second kappa shape index (κ2) is 9.68. The van der Waals surface area contributed by atoms with Crippen LogP contribution < -0.4 is 10.1 Å². The third-order valence-corrected chi connectivity index (χ3v) is 6.57. The molecule has 0 aliphatic heterocycles. The summed E-state index contributed by atoms with van der Waals surface area (Å²) in [6.45, 7) is 6.54. The average molecular weight is 409 g/mol. The van der Waals surface area contributed by atoms with Gasteiger partial charge in [0.05, 0.1) is 17.2 Å². The highest BCUT2D eigenvalue weighted by Gasteiger charge is 2.23. The number of sulfonamides is 1. The Morgan fingerprint density at radius 1 is 1.22 bits per heavy atom. The summed E-state index contributed by atoms with van der Waals surface area (Å²) in [5.41, 5.74) is 1.25. The fourth-order valence-corrected chi connectivity index (χ4v) is 4.59. The number of rotatable bonds is 9. The maximum absolute atomic E-state index is 12.7. The number of anilines is 1. The number of carbonyl (C=O) groups excluding carboxylic acids is 1. The van der Waals surface area contributed by atoms with Crippen molar-refractivity contribution in [2.24, 2.45) is 0 Å². The molecular weight excluding hydrogens is 384 g/mol. The quantitative estimate of drug-likeness (QED) is 0.640. The SMILES string of the molecule is CCOc1ccc(S(=O)(=O)N(CC)CC)cc1NC(=O)/C=C/c1ccsc1. The Morgan fingerprint density at radius 3 is 2.56 bits per heavy atom. The van der Waals surface area contributed by atoms with Gasteiger partial charge in [0.1, 0.15) is 5.75 Å². The molecule has 0 aliphatic rings. The normalized spacial score (nSPS) is 11.9. The summed E-state index contributed by atoms with van der Waals surface area (Å²) in [7, 11) is -3.63. The molecule has 1 N–H and O–H groups in total. The Morgan fingerprint density at radius 2 is 1.96 bits per heavy atom. The van der Waals surface area contributed by atoms with Gasteiger partial charge < -0.3 is 10.1 Å². The molecule has 1 aromatic carbocycles. The molecule has 0 saturated carbocycles. The summed E-state index contributed by atoms with van der Waals surface area (Å²) < 4.78 is 32.4. The van der Waals surface area contributed by atoms with Crippen LogP contribution >= 0.6 is 11.3 Å². The fourth-order valence-electron chi connectivity index (χ4n) is 2.48. The molecule has 0 spiro atoms. The molecule has 0 bridgehead atoms. The number of thiophene rings is 1. The Hall–Kier alpha value is -2.16. The van der Waals surface area contributed by atoms with Crippen LogP contribution in [-0.4, -0.2) is 38.3 Å². The Bertz CT molecular complexity index is 886. The van der Waals surface area contributed by atoms with Gasteiger partial charge in [-0.3, -0.25) is 4.79 Å². The molecular formula is C19H24N2O4S2. The van der Waals surface area contributed by atoms with Crippen molar-refractivity contribution in [1.29, 1.82) is 0 Å². The predicted octanol–water partition coefficient (Wildman–Crippen LogP) is 3.83. The van der Waals surface area contributed by atoms with E-state index in [4.69, 9.17) is 4.74 Å². The van der Waals surface area contributed by atoms with E-state index >= 15 is 0 Å². The van der Waals surface area contributed by atoms with Gasteiger partial charge in [-0.15, -0.1) is 0 Å². The Labute approximate surface area is 164 Å². The molecule has 6 nitrogen and oxygen atoms in total. The van der Waals surface area contributed by atoms with Crippen molar-refractivity contribution >= 4 is 39.0 Å². The minimum Gasteiger partial charge on any atom is -0.492 e. The largest absolute Gasteiger partial charge is 0.492 e. The Kier molecular flexibility index (Phi) is 7.58. The van der Waals surface area contributed by atoms with Crippen molar-refractivity contribution in [3.8, 4) is 5.75 Å². The van der Waals surface area contributed by atoms with Gasteiger partial charge in [0.2, 0.25) is 15.9 Å². The molecule has 0 atom stereocenters. The Balaban J connectivity index is 2.31. The van der Waals surface area contributed by atoms with Crippen LogP contribution in [0.4, 0.5) is 5.69 Å². The van der Waals surface area contributed by atoms with Gasteiger partial charge in [0.25, 0.3) is 0 Å². The molecule has 1 aromatic heterocycles. The van der Waals surface area contributed by atoms with Gasteiger partial charge in [0, 0.05) is 19.2 Å². The summed E-state index contributed by atoms with van der Waals surface area (Å²) in [5, 5.41) is 6.56. The van der Waals surface area contributed by atoms with Gasteiger partial charge in [-0.25, -0.2) is 8.42 Å². The highest BCUT2D eigenvalue weighted by molar-refractivity contribution is 7.89. The monoisotopic (exact) mass is 408 g/mol. The van der Waals surface area contributed by atoms with E-state index < -0.39 is 10.0 Å². The number of nitrogens with zero attached hydrogens (tertiary/aromatic N) is 1. The van der Waals surface area contributed by atoms with Crippen molar-refractivity contribution in [3.63, 3.8) is 0 Å². The first-order valence-electron chi connectivity index (χ1n) is 8.70. The first-order valence-corrected chi connectivity index (χ1v) is 11.1. The van der Waals surface area contributed by atoms with Crippen molar-refractivity contribution in [1.82, 2.24) is 4.31 Å². The highest BCUT2D eigenvalue weighted by atomic mass is 32.2. The van der Waals surface area contributed by atoms with E-state index in [0.29, 0.717) is 31.1 Å². The van der Waals surface area contributed by atoms with Gasteiger partial charge in [-0.05, 0) is 53.6 Å². The van der Waals surface area contributed by atoms with E-state index in [-0.39, 0.29) is 10.8 Å². The van der Waals surface area contributed by atoms with Crippen molar-refractivity contribution < 1.29 is 17.9 Å². The lowest BCUT2D eigenvalue weighted by Crippen LogP contribution is -2.30. The van der Waals surface area contributed by atoms with Crippen LogP contribution in [0.25, 0.3) is 6.08 Å². The minimum atomic E-state index is -3.63. The maximum Gasteiger partial charge on any atom is 0.248 e. The van der Waals surface area contributed by atoms with Crippen molar-refractivity contribution in [3.05, 3.63) is 46.7 Å². The predicted molar refractivity (Wildman–Crippen MR) is 110 cm³/mol. The lowest BCUT2D eigenvalue weighted by molar-refractivity contribution is -0.111. The number of amides is 1. The van der Waals surface area contributed by atoms with E-state index in [1.807, 2.05) is 23.8 Å². The van der Waals surface area contributed by atoms with Crippen LogP contribution in [0.1, 0.15) is 26.3 Å². The molecule has 0 unspecified atom stereocenters. The lowest BCUT2D eigenvalue weighted by atomic mass is 10.2. The molecule has 2 rings (SSSR count). The summed E-state index contributed by atoms with van der Waals surface area (Å²) in [6, 6.07) is 6.40. The fraction of sp³-hybridized carbons (Fsp3) is 0.316. The number of hydrogen-bond donors (Lipinski definition) is 1. The highest BCUT2D eigenvalue weighted by Crippen LogP contribution is 2.29. The number of carbonyl (C=O) groups is 1. The van der Waals surface area contributed by atoms with Gasteiger partial charge in [0.15, 0.2) is 0 Å². The molecule has 0 aliphatic carbocycles. The topological polar surface area (TPSA) is 75.7 Å². The van der Waals surface area contributed by atoms with Crippen LogP contribution in [0.5, 0.6) is 5.75 Å². The number of hydrogen-bond acceptors (Lipinski definition) is 5. The first kappa shape index (κ1) is 21.1. The van der Waals surface area contributed by atoms with Crippen LogP contribution in [0.2, 0.25) is 0 Å². The molecule has 0 fully saturated rings. The third kappa shape index (κ3) is 5.41. The smallest absolute Gasteiger partial charge is 0.248 e. The van der Waals surface area contributed by atoms with Crippen LogP contribution in [0.3, 0.4) is 0 Å². The molecule has 1 heterocycles. The molecule has 8 heteroatoms. The van der Waals surface area contributed by atoms with E-state index in [1.165, 1.54) is 22.5 Å². The number of ether oxygens (including phenoxy) is 1. The van der Waals surface area contributed by atoms with Gasteiger partial charge >= 0.3 is 0 Å². The molecule has 2 aromatic rings. The van der Waals surface area contributed by atoms with E-state index in [2.05, 4.69) is 5.32 Å². The zero-order valence-corrected chi connectivity index (χ0v) is 17.3. The average Bonchev–Trinajstić information content (AvgIpc) is 3.16. The van der Waals surface area contributed by atoms with Crippen molar-refractivity contribution in [2.75, 3.05) is 25.0 Å².